The lowest BCUT2D eigenvalue weighted by atomic mass is 10.4. The molecule has 0 aromatic heterocycles. The Morgan fingerprint density at radius 3 is 2.14 bits per heavy atom. The van der Waals surface area contributed by atoms with E-state index in [-0.39, 0.29) is 8.80 Å². The lowest BCUT2D eigenvalue weighted by Crippen LogP contribution is -1.98. The van der Waals surface area contributed by atoms with Gasteiger partial charge in [0.2, 0.25) is 0 Å². The zero-order valence-electron chi connectivity index (χ0n) is 4.69. The van der Waals surface area contributed by atoms with Crippen molar-refractivity contribution in [2.75, 3.05) is 0 Å². The second-order valence-corrected chi connectivity index (χ2v) is 5.43. The van der Waals surface area contributed by atoms with Crippen molar-refractivity contribution < 1.29 is 0 Å². The molecule has 40 valence electrons. The molecule has 0 aliphatic carbocycles. The molecule has 0 radical (unpaired) electrons. The third-order valence-electron chi connectivity index (χ3n) is 1.73. The summed E-state index contributed by atoms with van der Waals surface area (Å²) in [6.07, 6.45) is 2.98. The monoisotopic (exact) mass is 112 g/mol. The fourth-order valence-electron chi connectivity index (χ4n) is 1.19. The Kier molecular flexibility index (Phi) is 1.68. The van der Waals surface area contributed by atoms with E-state index in [0.717, 1.165) is 0 Å². The zero-order chi connectivity index (χ0) is 5.11. The molecule has 1 aliphatic rings. The SMILES string of the molecule is C=C[SiH]1CCCC1. The van der Waals surface area contributed by atoms with Gasteiger partial charge >= 0.3 is 0 Å². The van der Waals surface area contributed by atoms with Crippen molar-refractivity contribution in [3.8, 4) is 0 Å². The summed E-state index contributed by atoms with van der Waals surface area (Å²) in [5.41, 5.74) is 2.23. The number of rotatable bonds is 1. The van der Waals surface area contributed by atoms with E-state index in [1.807, 2.05) is 0 Å². The standard InChI is InChI=1S/C6H12Si/c1-2-7-5-3-4-6-7/h2,7H,1,3-6H2. The Morgan fingerprint density at radius 2 is 1.86 bits per heavy atom. The van der Waals surface area contributed by atoms with Gasteiger partial charge in [0.1, 0.15) is 0 Å². The zero-order valence-corrected chi connectivity index (χ0v) is 5.84. The van der Waals surface area contributed by atoms with Crippen molar-refractivity contribution in [3.05, 3.63) is 12.3 Å². The summed E-state index contributed by atoms with van der Waals surface area (Å²) >= 11 is 0. The third-order valence-corrected chi connectivity index (χ3v) is 4.70. The number of hydrogen-bond donors (Lipinski definition) is 0. The Bertz CT molecular complexity index is 62.6. The molecule has 0 aromatic carbocycles. The summed E-state index contributed by atoms with van der Waals surface area (Å²) in [5.74, 6) is 0. The summed E-state index contributed by atoms with van der Waals surface area (Å²) in [5, 5.41) is 0. The van der Waals surface area contributed by atoms with E-state index in [2.05, 4.69) is 12.3 Å². The van der Waals surface area contributed by atoms with Crippen LogP contribution in [0.2, 0.25) is 12.1 Å². The van der Waals surface area contributed by atoms with Crippen LogP contribution in [0.25, 0.3) is 0 Å². The van der Waals surface area contributed by atoms with Crippen LogP contribution in [-0.2, 0) is 0 Å². The summed E-state index contributed by atoms with van der Waals surface area (Å²) in [6.45, 7) is 3.80. The van der Waals surface area contributed by atoms with E-state index in [0.29, 0.717) is 0 Å². The third kappa shape index (κ3) is 1.16. The molecule has 0 bridgehead atoms. The molecule has 0 nitrogen and oxygen atoms in total. The lowest BCUT2D eigenvalue weighted by Gasteiger charge is -1.91. The molecular formula is C6H12Si. The largest absolute Gasteiger partial charge is 0.107 e. The molecule has 1 fully saturated rings. The van der Waals surface area contributed by atoms with Crippen LogP contribution in [0.3, 0.4) is 0 Å². The minimum absolute atomic E-state index is 0.296. The summed E-state index contributed by atoms with van der Waals surface area (Å²) in [6, 6.07) is 3.06. The van der Waals surface area contributed by atoms with Crippen LogP contribution in [0.1, 0.15) is 12.8 Å². The van der Waals surface area contributed by atoms with Crippen molar-refractivity contribution in [2.45, 2.75) is 24.9 Å². The van der Waals surface area contributed by atoms with Gasteiger partial charge in [-0.15, -0.1) is 12.3 Å². The van der Waals surface area contributed by atoms with Crippen LogP contribution in [0.5, 0.6) is 0 Å². The molecule has 0 N–H and O–H groups in total. The van der Waals surface area contributed by atoms with E-state index < -0.39 is 0 Å². The quantitative estimate of drug-likeness (QED) is 0.453. The van der Waals surface area contributed by atoms with E-state index in [1.54, 1.807) is 0 Å². The molecule has 0 aromatic rings. The normalized spacial score (nSPS) is 22.9. The highest BCUT2D eigenvalue weighted by atomic mass is 28.3. The summed E-state index contributed by atoms with van der Waals surface area (Å²) in [7, 11) is -0.296. The van der Waals surface area contributed by atoms with E-state index in [9.17, 15) is 0 Å². The van der Waals surface area contributed by atoms with Crippen LogP contribution in [0, 0.1) is 0 Å². The number of hydrogen-bond acceptors (Lipinski definition) is 0. The van der Waals surface area contributed by atoms with Crippen LogP contribution in [-0.4, -0.2) is 8.80 Å². The van der Waals surface area contributed by atoms with Crippen LogP contribution in [0.4, 0.5) is 0 Å². The average molecular weight is 112 g/mol. The van der Waals surface area contributed by atoms with Gasteiger partial charge in [0.15, 0.2) is 0 Å². The van der Waals surface area contributed by atoms with Gasteiger partial charge in [-0.1, -0.05) is 24.9 Å². The first-order valence-electron chi connectivity index (χ1n) is 3.06. The molecule has 1 heteroatoms. The molecule has 1 heterocycles. The maximum Gasteiger partial charge on any atom is 0.0607 e. The van der Waals surface area contributed by atoms with Gasteiger partial charge in [0, 0.05) is 0 Å². The molecule has 0 spiro atoms. The van der Waals surface area contributed by atoms with Gasteiger partial charge in [0.25, 0.3) is 0 Å². The first kappa shape index (κ1) is 5.10. The maximum absolute atomic E-state index is 3.80. The van der Waals surface area contributed by atoms with E-state index in [1.165, 1.54) is 24.9 Å². The second-order valence-electron chi connectivity index (χ2n) is 2.28. The van der Waals surface area contributed by atoms with Crippen molar-refractivity contribution in [3.63, 3.8) is 0 Å². The molecule has 1 aliphatic heterocycles. The topological polar surface area (TPSA) is 0 Å². The van der Waals surface area contributed by atoms with Crippen molar-refractivity contribution >= 4 is 8.80 Å². The van der Waals surface area contributed by atoms with Gasteiger partial charge in [-0.25, -0.2) is 0 Å². The molecule has 0 amide bonds. The average Bonchev–Trinajstić information content (AvgIpc) is 2.14. The van der Waals surface area contributed by atoms with Crippen molar-refractivity contribution in [2.24, 2.45) is 0 Å². The Hall–Kier alpha value is -0.0431. The van der Waals surface area contributed by atoms with Gasteiger partial charge < -0.3 is 0 Å². The first-order chi connectivity index (χ1) is 3.43. The van der Waals surface area contributed by atoms with E-state index in [4.69, 9.17) is 0 Å². The first-order valence-corrected chi connectivity index (χ1v) is 5.36. The predicted octanol–water partition coefficient (Wildman–Crippen LogP) is 1.73. The molecule has 0 unspecified atom stereocenters. The molecule has 1 rings (SSSR count). The second kappa shape index (κ2) is 2.31. The van der Waals surface area contributed by atoms with Gasteiger partial charge in [0.05, 0.1) is 8.80 Å². The molecule has 1 saturated heterocycles. The van der Waals surface area contributed by atoms with Crippen molar-refractivity contribution in [1.82, 2.24) is 0 Å². The highest BCUT2D eigenvalue weighted by Crippen LogP contribution is 2.18. The van der Waals surface area contributed by atoms with Crippen LogP contribution < -0.4 is 0 Å². The lowest BCUT2D eigenvalue weighted by molar-refractivity contribution is 0.935. The maximum atomic E-state index is 3.80. The molecule has 0 saturated carbocycles. The summed E-state index contributed by atoms with van der Waals surface area (Å²) in [4.78, 5) is 0. The summed E-state index contributed by atoms with van der Waals surface area (Å²) < 4.78 is 0. The van der Waals surface area contributed by atoms with Crippen molar-refractivity contribution in [1.29, 1.82) is 0 Å². The molecule has 0 atom stereocenters. The highest BCUT2D eigenvalue weighted by molar-refractivity contribution is 6.64. The smallest absolute Gasteiger partial charge is 0.0607 e. The van der Waals surface area contributed by atoms with Crippen LogP contribution in [0.15, 0.2) is 12.3 Å². The minimum Gasteiger partial charge on any atom is -0.107 e. The highest BCUT2D eigenvalue weighted by Gasteiger charge is 2.11. The van der Waals surface area contributed by atoms with Gasteiger partial charge in [-0.05, 0) is 0 Å². The van der Waals surface area contributed by atoms with Gasteiger partial charge in [-0.2, -0.15) is 0 Å². The van der Waals surface area contributed by atoms with E-state index >= 15 is 0 Å². The minimum atomic E-state index is -0.296. The Balaban J connectivity index is 2.26. The Labute approximate surface area is 46.8 Å². The Morgan fingerprint density at radius 1 is 1.29 bits per heavy atom. The fraction of sp³-hybridized carbons (Fsp3) is 0.667. The van der Waals surface area contributed by atoms with Gasteiger partial charge in [-0.3, -0.25) is 0 Å². The predicted molar refractivity (Wildman–Crippen MR) is 36.2 cm³/mol. The fourth-order valence-corrected chi connectivity index (χ4v) is 3.58. The molecular weight excluding hydrogens is 100 g/mol. The molecule has 7 heavy (non-hydrogen) atoms. The van der Waals surface area contributed by atoms with Crippen LogP contribution >= 0.6 is 0 Å².